The first kappa shape index (κ1) is 14.8. The first-order valence-electron chi connectivity index (χ1n) is 6.78. The van der Waals surface area contributed by atoms with Crippen LogP contribution in [0, 0.1) is 0 Å². The largest absolute Gasteiger partial charge is 0.493 e. The number of carbonyl (C=O) groups is 1. The highest BCUT2D eigenvalue weighted by atomic mass is 16.5. The van der Waals surface area contributed by atoms with Crippen molar-refractivity contribution in [3.63, 3.8) is 0 Å². The maximum Gasteiger partial charge on any atom is 0.309 e. The second-order valence-electron chi connectivity index (χ2n) is 4.46. The van der Waals surface area contributed by atoms with Gasteiger partial charge in [-0.05, 0) is 36.4 Å². The predicted molar refractivity (Wildman–Crippen MR) is 79.9 cm³/mol. The Hall–Kier alpha value is -2.56. The first-order valence-corrected chi connectivity index (χ1v) is 6.78. The van der Waals surface area contributed by atoms with Gasteiger partial charge < -0.3 is 15.2 Å². The molecule has 2 aromatic rings. The number of hydrogen-bond acceptors (Lipinski definition) is 5. The average Bonchev–Trinajstić information content (AvgIpc) is 2.50. The molecule has 0 aliphatic carbocycles. The highest BCUT2D eigenvalue weighted by Gasteiger charge is 2.04. The summed E-state index contributed by atoms with van der Waals surface area (Å²) in [6, 6.07) is 12.7. The molecule has 2 rings (SSSR count). The zero-order chi connectivity index (χ0) is 14.9. The molecular weight excluding hydrogens is 268 g/mol. The van der Waals surface area contributed by atoms with E-state index in [1.807, 2.05) is 18.2 Å². The van der Waals surface area contributed by atoms with E-state index in [2.05, 4.69) is 4.98 Å². The van der Waals surface area contributed by atoms with Crippen molar-refractivity contribution >= 4 is 11.7 Å². The summed E-state index contributed by atoms with van der Waals surface area (Å²) in [4.78, 5) is 15.7. The van der Waals surface area contributed by atoms with Gasteiger partial charge in [-0.1, -0.05) is 6.07 Å². The number of carbonyl (C=O) groups excluding carboxylic acids is 1. The van der Waals surface area contributed by atoms with E-state index >= 15 is 0 Å². The van der Waals surface area contributed by atoms with Gasteiger partial charge >= 0.3 is 5.97 Å². The maximum atomic E-state index is 11.5. The summed E-state index contributed by atoms with van der Waals surface area (Å²) < 4.78 is 10.6. The second kappa shape index (κ2) is 7.89. The fourth-order valence-corrected chi connectivity index (χ4v) is 1.70. The molecule has 2 N–H and O–H groups in total. The number of benzene rings is 1. The molecule has 0 atom stereocenters. The molecule has 0 saturated carbocycles. The minimum absolute atomic E-state index is 0.215. The molecule has 110 valence electrons. The topological polar surface area (TPSA) is 74.4 Å². The van der Waals surface area contributed by atoms with Gasteiger partial charge in [-0.2, -0.15) is 0 Å². The van der Waals surface area contributed by atoms with E-state index in [0.717, 1.165) is 5.69 Å². The molecule has 0 fully saturated rings. The number of nitrogens with zero attached hydrogens (tertiary/aromatic N) is 1. The number of esters is 1. The van der Waals surface area contributed by atoms with Crippen molar-refractivity contribution in [2.45, 2.75) is 12.8 Å². The molecule has 0 spiro atoms. The second-order valence-corrected chi connectivity index (χ2v) is 4.46. The van der Waals surface area contributed by atoms with Crippen LogP contribution in [0.3, 0.4) is 0 Å². The van der Waals surface area contributed by atoms with E-state index in [-0.39, 0.29) is 19.0 Å². The molecule has 0 unspecified atom stereocenters. The zero-order valence-electron chi connectivity index (χ0n) is 11.7. The predicted octanol–water partition coefficient (Wildman–Crippen LogP) is 2.22. The molecule has 5 heteroatoms. The van der Waals surface area contributed by atoms with Gasteiger partial charge in [0.05, 0.1) is 19.6 Å². The van der Waals surface area contributed by atoms with Crippen LogP contribution in [0.4, 0.5) is 5.69 Å². The van der Waals surface area contributed by atoms with Crippen LogP contribution in [0.15, 0.2) is 48.7 Å². The minimum atomic E-state index is -0.277. The third-order valence-electron chi connectivity index (χ3n) is 2.80. The Morgan fingerprint density at radius 2 is 1.90 bits per heavy atom. The fourth-order valence-electron chi connectivity index (χ4n) is 1.70. The Kier molecular flexibility index (Phi) is 5.58. The Labute approximate surface area is 123 Å². The van der Waals surface area contributed by atoms with Crippen molar-refractivity contribution in [2.75, 3.05) is 18.9 Å². The third kappa shape index (κ3) is 5.52. The molecule has 0 bridgehead atoms. The SMILES string of the molecule is Nc1ccc(OCCC(=O)OCCc2ccccn2)cc1. The van der Waals surface area contributed by atoms with E-state index < -0.39 is 0 Å². The van der Waals surface area contributed by atoms with Crippen molar-refractivity contribution in [2.24, 2.45) is 0 Å². The molecule has 0 aliphatic heterocycles. The Morgan fingerprint density at radius 1 is 1.10 bits per heavy atom. The van der Waals surface area contributed by atoms with Crippen LogP contribution >= 0.6 is 0 Å². The van der Waals surface area contributed by atoms with Crippen LogP contribution in [-0.4, -0.2) is 24.2 Å². The van der Waals surface area contributed by atoms with Gasteiger partial charge in [-0.25, -0.2) is 0 Å². The molecule has 1 heterocycles. The van der Waals surface area contributed by atoms with E-state index in [1.54, 1.807) is 30.5 Å². The minimum Gasteiger partial charge on any atom is -0.493 e. The van der Waals surface area contributed by atoms with Gasteiger partial charge in [-0.15, -0.1) is 0 Å². The summed E-state index contributed by atoms with van der Waals surface area (Å²) in [5, 5.41) is 0. The summed E-state index contributed by atoms with van der Waals surface area (Å²) in [5.74, 6) is 0.409. The fraction of sp³-hybridized carbons (Fsp3) is 0.250. The summed E-state index contributed by atoms with van der Waals surface area (Å²) in [7, 11) is 0. The maximum absolute atomic E-state index is 11.5. The van der Waals surface area contributed by atoms with E-state index in [4.69, 9.17) is 15.2 Å². The van der Waals surface area contributed by atoms with E-state index in [1.165, 1.54) is 0 Å². The van der Waals surface area contributed by atoms with Crippen LogP contribution in [0.2, 0.25) is 0 Å². The number of hydrogen-bond donors (Lipinski definition) is 1. The number of aromatic nitrogens is 1. The summed E-state index contributed by atoms with van der Waals surface area (Å²) in [5.41, 5.74) is 7.15. The van der Waals surface area contributed by atoms with Crippen molar-refractivity contribution in [1.29, 1.82) is 0 Å². The molecule has 0 amide bonds. The quantitative estimate of drug-likeness (QED) is 0.624. The molecule has 21 heavy (non-hydrogen) atoms. The third-order valence-corrected chi connectivity index (χ3v) is 2.80. The first-order chi connectivity index (χ1) is 10.2. The van der Waals surface area contributed by atoms with Gasteiger partial charge in [0.1, 0.15) is 5.75 Å². The van der Waals surface area contributed by atoms with Crippen molar-refractivity contribution in [3.8, 4) is 5.75 Å². The lowest BCUT2D eigenvalue weighted by Crippen LogP contribution is -2.12. The number of pyridine rings is 1. The number of anilines is 1. The molecule has 1 aromatic carbocycles. The Balaban J connectivity index is 1.60. The van der Waals surface area contributed by atoms with Crippen molar-refractivity contribution in [3.05, 3.63) is 54.4 Å². The molecule has 0 radical (unpaired) electrons. The van der Waals surface area contributed by atoms with Crippen LogP contribution in [0.5, 0.6) is 5.75 Å². The van der Waals surface area contributed by atoms with Crippen LogP contribution in [0.1, 0.15) is 12.1 Å². The molecule has 5 nitrogen and oxygen atoms in total. The summed E-state index contributed by atoms with van der Waals surface area (Å²) >= 11 is 0. The van der Waals surface area contributed by atoms with Gasteiger partial charge in [0.2, 0.25) is 0 Å². The Bertz CT molecular complexity index is 555. The summed E-state index contributed by atoms with van der Waals surface area (Å²) in [6.07, 6.45) is 2.55. The van der Waals surface area contributed by atoms with Gasteiger partial charge in [0, 0.05) is 24.0 Å². The number of nitrogens with two attached hydrogens (primary N) is 1. The smallest absolute Gasteiger partial charge is 0.309 e. The number of ether oxygens (including phenoxy) is 2. The van der Waals surface area contributed by atoms with Crippen LogP contribution in [0.25, 0.3) is 0 Å². The number of nitrogen functional groups attached to an aromatic ring is 1. The normalized spacial score (nSPS) is 10.1. The Morgan fingerprint density at radius 3 is 2.62 bits per heavy atom. The molecular formula is C16H18N2O3. The number of rotatable bonds is 7. The zero-order valence-corrected chi connectivity index (χ0v) is 11.7. The lowest BCUT2D eigenvalue weighted by molar-refractivity contribution is -0.144. The lowest BCUT2D eigenvalue weighted by Gasteiger charge is -2.07. The van der Waals surface area contributed by atoms with Gasteiger partial charge in [0.25, 0.3) is 0 Å². The average molecular weight is 286 g/mol. The molecule has 0 saturated heterocycles. The highest BCUT2D eigenvalue weighted by Crippen LogP contribution is 2.13. The lowest BCUT2D eigenvalue weighted by atomic mass is 10.3. The van der Waals surface area contributed by atoms with Crippen LogP contribution < -0.4 is 10.5 Å². The standard InChI is InChI=1S/C16H18N2O3/c17-13-4-6-15(7-5-13)20-12-9-16(19)21-11-8-14-3-1-2-10-18-14/h1-7,10H,8-9,11-12,17H2. The summed E-state index contributed by atoms with van der Waals surface area (Å²) in [6.45, 7) is 0.615. The molecule has 0 aliphatic rings. The highest BCUT2D eigenvalue weighted by molar-refractivity contribution is 5.69. The van der Waals surface area contributed by atoms with E-state index in [0.29, 0.717) is 24.5 Å². The van der Waals surface area contributed by atoms with Crippen molar-refractivity contribution < 1.29 is 14.3 Å². The van der Waals surface area contributed by atoms with E-state index in [9.17, 15) is 4.79 Å². The van der Waals surface area contributed by atoms with Crippen LogP contribution in [-0.2, 0) is 16.0 Å². The van der Waals surface area contributed by atoms with Crippen molar-refractivity contribution in [1.82, 2.24) is 4.98 Å². The molecule has 1 aromatic heterocycles. The monoisotopic (exact) mass is 286 g/mol. The van der Waals surface area contributed by atoms with Gasteiger partial charge in [-0.3, -0.25) is 9.78 Å². The van der Waals surface area contributed by atoms with Gasteiger partial charge in [0.15, 0.2) is 0 Å².